The first-order valence-corrected chi connectivity index (χ1v) is 4.54. The molecule has 0 radical (unpaired) electrons. The van der Waals surface area contributed by atoms with Gasteiger partial charge in [-0.2, -0.15) is 0 Å². The van der Waals surface area contributed by atoms with E-state index in [1.807, 2.05) is 0 Å². The summed E-state index contributed by atoms with van der Waals surface area (Å²) in [6, 6.07) is 0. The summed E-state index contributed by atoms with van der Waals surface area (Å²) in [7, 11) is 1.36. The molecule has 1 saturated heterocycles. The Morgan fingerprint density at radius 1 is 1.21 bits per heavy atom. The number of aliphatic hydroxyl groups excluding tert-OH is 3. The number of aliphatic hydroxyl groups is 3. The molecule has 0 unspecified atom stereocenters. The highest BCUT2D eigenvalue weighted by Gasteiger charge is 2.43. The number of hydrogen-bond acceptors (Lipinski definition) is 6. The van der Waals surface area contributed by atoms with Gasteiger partial charge in [0.15, 0.2) is 6.29 Å². The van der Waals surface area contributed by atoms with Crippen molar-refractivity contribution in [2.24, 2.45) is 5.73 Å². The van der Waals surface area contributed by atoms with Crippen LogP contribution in [0.5, 0.6) is 0 Å². The minimum absolute atomic E-state index is 0.334. The molecule has 1 fully saturated rings. The molecule has 0 aromatic heterocycles. The van der Waals surface area contributed by atoms with Crippen LogP contribution in [0.1, 0.15) is 6.42 Å². The zero-order valence-corrected chi connectivity index (χ0v) is 8.04. The number of methoxy groups -OCH3 is 1. The molecule has 6 nitrogen and oxygen atoms in total. The molecule has 84 valence electrons. The van der Waals surface area contributed by atoms with E-state index >= 15 is 0 Å². The van der Waals surface area contributed by atoms with Crippen molar-refractivity contribution in [3.63, 3.8) is 0 Å². The van der Waals surface area contributed by atoms with Crippen molar-refractivity contribution in [3.8, 4) is 0 Å². The van der Waals surface area contributed by atoms with Crippen LogP contribution in [0, 0.1) is 0 Å². The van der Waals surface area contributed by atoms with Crippen LogP contribution < -0.4 is 5.73 Å². The molecular weight excluding hydrogens is 190 g/mol. The van der Waals surface area contributed by atoms with Gasteiger partial charge in [-0.3, -0.25) is 0 Å². The van der Waals surface area contributed by atoms with Gasteiger partial charge in [0.25, 0.3) is 0 Å². The van der Waals surface area contributed by atoms with Gasteiger partial charge >= 0.3 is 0 Å². The molecule has 0 aromatic carbocycles. The van der Waals surface area contributed by atoms with Crippen LogP contribution in [0.15, 0.2) is 0 Å². The molecule has 0 aromatic rings. The smallest absolute Gasteiger partial charge is 0.186 e. The standard InChI is InChI=1S/C8H17NO5/c1-13-8-7(12)6(11)5(10)4(14-8)2-3-9/h4-8,10-12H,2-3,9H2,1H3/t4-,5-,6+,7+,8+/m1/s1. The van der Waals surface area contributed by atoms with Gasteiger partial charge in [0, 0.05) is 7.11 Å². The predicted molar refractivity (Wildman–Crippen MR) is 47.4 cm³/mol. The highest BCUT2D eigenvalue weighted by atomic mass is 16.7. The molecule has 1 heterocycles. The van der Waals surface area contributed by atoms with Gasteiger partial charge in [-0.25, -0.2) is 0 Å². The van der Waals surface area contributed by atoms with Crippen LogP contribution in [0.4, 0.5) is 0 Å². The van der Waals surface area contributed by atoms with Crippen molar-refractivity contribution < 1.29 is 24.8 Å². The van der Waals surface area contributed by atoms with Gasteiger partial charge < -0.3 is 30.5 Å². The van der Waals surface area contributed by atoms with E-state index in [9.17, 15) is 15.3 Å². The highest BCUT2D eigenvalue weighted by molar-refractivity contribution is 4.88. The number of hydrogen-bond donors (Lipinski definition) is 4. The largest absolute Gasteiger partial charge is 0.388 e. The van der Waals surface area contributed by atoms with Crippen molar-refractivity contribution in [2.45, 2.75) is 37.1 Å². The molecule has 0 aliphatic carbocycles. The number of ether oxygens (including phenoxy) is 2. The first kappa shape index (κ1) is 11.8. The van der Waals surface area contributed by atoms with Gasteiger partial charge in [-0.1, -0.05) is 0 Å². The fourth-order valence-electron chi connectivity index (χ4n) is 1.51. The Morgan fingerprint density at radius 2 is 1.86 bits per heavy atom. The van der Waals surface area contributed by atoms with E-state index in [1.165, 1.54) is 7.11 Å². The molecule has 14 heavy (non-hydrogen) atoms. The molecule has 1 aliphatic rings. The lowest BCUT2D eigenvalue weighted by Gasteiger charge is -2.39. The molecule has 0 amide bonds. The Bertz CT molecular complexity index is 175. The van der Waals surface area contributed by atoms with E-state index in [4.69, 9.17) is 15.2 Å². The van der Waals surface area contributed by atoms with Crippen molar-refractivity contribution in [1.82, 2.24) is 0 Å². The molecular formula is C8H17NO5. The van der Waals surface area contributed by atoms with E-state index in [2.05, 4.69) is 0 Å². The Labute approximate surface area is 82.2 Å². The molecule has 1 aliphatic heterocycles. The molecule has 0 bridgehead atoms. The molecule has 0 spiro atoms. The lowest BCUT2D eigenvalue weighted by atomic mass is 9.97. The minimum Gasteiger partial charge on any atom is -0.388 e. The van der Waals surface area contributed by atoms with Crippen molar-refractivity contribution in [3.05, 3.63) is 0 Å². The van der Waals surface area contributed by atoms with Gasteiger partial charge in [0.05, 0.1) is 6.10 Å². The second kappa shape index (κ2) is 5.01. The highest BCUT2D eigenvalue weighted by Crippen LogP contribution is 2.22. The molecule has 6 heteroatoms. The van der Waals surface area contributed by atoms with Gasteiger partial charge in [-0.15, -0.1) is 0 Å². The maximum Gasteiger partial charge on any atom is 0.186 e. The van der Waals surface area contributed by atoms with E-state index < -0.39 is 30.7 Å². The third-order valence-electron chi connectivity index (χ3n) is 2.35. The first-order valence-electron chi connectivity index (χ1n) is 4.54. The third kappa shape index (κ3) is 2.22. The summed E-state index contributed by atoms with van der Waals surface area (Å²) in [5.74, 6) is 0. The molecule has 5 atom stereocenters. The van der Waals surface area contributed by atoms with E-state index in [0.29, 0.717) is 13.0 Å². The predicted octanol–water partition coefficient (Wildman–Crippen LogP) is -2.21. The molecule has 1 rings (SSSR count). The van der Waals surface area contributed by atoms with Crippen LogP contribution in [-0.2, 0) is 9.47 Å². The van der Waals surface area contributed by atoms with Gasteiger partial charge in [-0.05, 0) is 13.0 Å². The number of nitrogens with two attached hydrogens (primary N) is 1. The summed E-state index contributed by atoms with van der Waals surface area (Å²) in [4.78, 5) is 0. The monoisotopic (exact) mass is 207 g/mol. The molecule has 5 N–H and O–H groups in total. The summed E-state index contributed by atoms with van der Waals surface area (Å²) in [6.07, 6.45) is -4.72. The third-order valence-corrected chi connectivity index (χ3v) is 2.35. The maximum absolute atomic E-state index is 9.51. The topological polar surface area (TPSA) is 105 Å². The summed E-state index contributed by atoms with van der Waals surface area (Å²) in [6.45, 7) is 0.334. The van der Waals surface area contributed by atoms with Crippen LogP contribution in [0.3, 0.4) is 0 Å². The zero-order valence-electron chi connectivity index (χ0n) is 8.04. The second-order valence-corrected chi connectivity index (χ2v) is 3.33. The lowest BCUT2D eigenvalue weighted by Crippen LogP contribution is -2.58. The fourth-order valence-corrected chi connectivity index (χ4v) is 1.51. The van der Waals surface area contributed by atoms with Crippen LogP contribution in [0.2, 0.25) is 0 Å². The van der Waals surface area contributed by atoms with Crippen LogP contribution in [0.25, 0.3) is 0 Å². The Kier molecular flexibility index (Phi) is 4.24. The first-order chi connectivity index (χ1) is 6.61. The SMILES string of the molecule is CO[C@H]1O[C@H](CCN)[C@@H](O)[C@H](O)[C@@H]1O. The van der Waals surface area contributed by atoms with Gasteiger partial charge in [0.1, 0.15) is 18.3 Å². The van der Waals surface area contributed by atoms with Gasteiger partial charge in [0.2, 0.25) is 0 Å². The fraction of sp³-hybridized carbons (Fsp3) is 1.00. The van der Waals surface area contributed by atoms with E-state index in [0.717, 1.165) is 0 Å². The second-order valence-electron chi connectivity index (χ2n) is 3.33. The van der Waals surface area contributed by atoms with E-state index in [-0.39, 0.29) is 0 Å². The summed E-state index contributed by atoms with van der Waals surface area (Å²) in [5.41, 5.74) is 5.31. The summed E-state index contributed by atoms with van der Waals surface area (Å²) >= 11 is 0. The quantitative estimate of drug-likeness (QED) is 0.418. The maximum atomic E-state index is 9.51. The Hall–Kier alpha value is -0.240. The number of rotatable bonds is 3. The van der Waals surface area contributed by atoms with Crippen molar-refractivity contribution in [1.29, 1.82) is 0 Å². The van der Waals surface area contributed by atoms with Crippen molar-refractivity contribution >= 4 is 0 Å². The van der Waals surface area contributed by atoms with Crippen molar-refractivity contribution in [2.75, 3.05) is 13.7 Å². The van der Waals surface area contributed by atoms with E-state index in [1.54, 1.807) is 0 Å². The average Bonchev–Trinajstić information content (AvgIpc) is 2.19. The average molecular weight is 207 g/mol. The summed E-state index contributed by atoms with van der Waals surface area (Å²) < 4.78 is 10.0. The lowest BCUT2D eigenvalue weighted by molar-refractivity contribution is -0.290. The summed E-state index contributed by atoms with van der Waals surface area (Å²) in [5, 5.41) is 28.4. The van der Waals surface area contributed by atoms with Crippen LogP contribution in [-0.4, -0.2) is 59.7 Å². The van der Waals surface area contributed by atoms with Crippen LogP contribution >= 0.6 is 0 Å². The normalized spacial score (nSPS) is 43.9. The Balaban J connectivity index is 2.63. The minimum atomic E-state index is -1.26. The zero-order chi connectivity index (χ0) is 10.7. The Morgan fingerprint density at radius 3 is 2.36 bits per heavy atom. The molecule has 0 saturated carbocycles.